The van der Waals surface area contributed by atoms with Gasteiger partial charge in [0, 0.05) is 36.3 Å². The highest BCUT2D eigenvalue weighted by Crippen LogP contribution is 2.35. The van der Waals surface area contributed by atoms with Crippen molar-refractivity contribution in [1.82, 2.24) is 4.98 Å². The van der Waals surface area contributed by atoms with Crippen molar-refractivity contribution in [2.75, 3.05) is 11.4 Å². The Hall–Kier alpha value is -2.30. The number of nitrogens with zero attached hydrogens (tertiary/aromatic N) is 3. The Morgan fingerprint density at radius 1 is 1.35 bits per heavy atom. The van der Waals surface area contributed by atoms with Gasteiger partial charge in [-0.25, -0.2) is 0 Å². The molecule has 1 aliphatic carbocycles. The van der Waals surface area contributed by atoms with Gasteiger partial charge >= 0.3 is 0 Å². The van der Waals surface area contributed by atoms with Gasteiger partial charge in [0.25, 0.3) is 0 Å². The molecule has 0 spiro atoms. The van der Waals surface area contributed by atoms with Crippen molar-refractivity contribution in [3.63, 3.8) is 0 Å². The van der Waals surface area contributed by atoms with E-state index in [-0.39, 0.29) is 5.84 Å². The van der Waals surface area contributed by atoms with E-state index in [1.54, 1.807) is 0 Å². The standard InChI is InChI=1S/C15H18N4O/c16-15(18-20)8-10-19(11-5-6-11)14-7-9-17-13-4-2-1-3-12(13)14/h1-4,7,9,11,20H,5-6,8,10H2,(H2,16,18). The average Bonchev–Trinajstić information content (AvgIpc) is 3.32. The number of aromatic nitrogens is 1. The number of nitrogens with two attached hydrogens (primary N) is 1. The number of pyridine rings is 1. The maximum atomic E-state index is 8.68. The third-order valence-corrected chi connectivity index (χ3v) is 3.66. The van der Waals surface area contributed by atoms with Crippen LogP contribution in [0.1, 0.15) is 19.3 Å². The topological polar surface area (TPSA) is 74.7 Å². The maximum Gasteiger partial charge on any atom is 0.140 e. The number of fused-ring (bicyclic) bond motifs is 1. The molecule has 0 aliphatic heterocycles. The number of hydrogen-bond donors (Lipinski definition) is 2. The molecule has 0 radical (unpaired) electrons. The third kappa shape index (κ3) is 2.52. The third-order valence-electron chi connectivity index (χ3n) is 3.66. The molecule has 1 aromatic heterocycles. The largest absolute Gasteiger partial charge is 0.409 e. The van der Waals surface area contributed by atoms with Crippen molar-refractivity contribution < 1.29 is 5.21 Å². The highest BCUT2D eigenvalue weighted by atomic mass is 16.4. The van der Waals surface area contributed by atoms with E-state index >= 15 is 0 Å². The smallest absolute Gasteiger partial charge is 0.140 e. The van der Waals surface area contributed by atoms with Gasteiger partial charge in [-0.1, -0.05) is 23.4 Å². The first-order valence-corrected chi connectivity index (χ1v) is 6.86. The second-order valence-electron chi connectivity index (χ2n) is 5.11. The molecule has 5 nitrogen and oxygen atoms in total. The van der Waals surface area contributed by atoms with E-state index in [0.717, 1.165) is 17.4 Å². The fraction of sp³-hybridized carbons (Fsp3) is 0.333. The van der Waals surface area contributed by atoms with Gasteiger partial charge in [0.2, 0.25) is 0 Å². The zero-order chi connectivity index (χ0) is 13.9. The second-order valence-corrected chi connectivity index (χ2v) is 5.11. The van der Waals surface area contributed by atoms with Gasteiger partial charge < -0.3 is 15.8 Å². The molecule has 2 aromatic rings. The zero-order valence-corrected chi connectivity index (χ0v) is 11.2. The lowest BCUT2D eigenvalue weighted by Gasteiger charge is -2.25. The Morgan fingerprint density at radius 2 is 2.15 bits per heavy atom. The summed E-state index contributed by atoms with van der Waals surface area (Å²) in [7, 11) is 0. The molecule has 0 atom stereocenters. The van der Waals surface area contributed by atoms with E-state index in [2.05, 4.69) is 21.1 Å². The van der Waals surface area contributed by atoms with Crippen molar-refractivity contribution in [3.05, 3.63) is 36.5 Å². The van der Waals surface area contributed by atoms with E-state index in [0.29, 0.717) is 12.5 Å². The summed E-state index contributed by atoms with van der Waals surface area (Å²) < 4.78 is 0. The first kappa shape index (κ1) is 12.7. The Labute approximate surface area is 117 Å². The van der Waals surface area contributed by atoms with Gasteiger partial charge in [0.15, 0.2) is 0 Å². The van der Waals surface area contributed by atoms with Gasteiger partial charge in [0.1, 0.15) is 5.84 Å². The van der Waals surface area contributed by atoms with Crippen LogP contribution in [0.15, 0.2) is 41.7 Å². The predicted molar refractivity (Wildman–Crippen MR) is 80.1 cm³/mol. The first-order chi connectivity index (χ1) is 9.79. The zero-order valence-electron chi connectivity index (χ0n) is 11.2. The molecule has 1 heterocycles. The highest BCUT2D eigenvalue weighted by Gasteiger charge is 2.30. The van der Waals surface area contributed by atoms with Gasteiger partial charge in [0.05, 0.1) is 5.52 Å². The van der Waals surface area contributed by atoms with E-state index in [9.17, 15) is 0 Å². The summed E-state index contributed by atoms with van der Waals surface area (Å²) in [4.78, 5) is 6.75. The molecule has 3 rings (SSSR count). The Kier molecular flexibility index (Phi) is 3.41. The van der Waals surface area contributed by atoms with Gasteiger partial charge in [-0.2, -0.15) is 0 Å². The van der Waals surface area contributed by atoms with Crippen LogP contribution in [0.3, 0.4) is 0 Å². The van der Waals surface area contributed by atoms with Gasteiger partial charge in [-0.3, -0.25) is 4.98 Å². The monoisotopic (exact) mass is 270 g/mol. The van der Waals surface area contributed by atoms with Crippen molar-refractivity contribution in [2.24, 2.45) is 10.9 Å². The van der Waals surface area contributed by atoms with Crippen molar-refractivity contribution >= 4 is 22.4 Å². The van der Waals surface area contributed by atoms with Crippen molar-refractivity contribution in [3.8, 4) is 0 Å². The number of hydrogen-bond acceptors (Lipinski definition) is 4. The van der Waals surface area contributed by atoms with Gasteiger partial charge in [-0.05, 0) is 25.0 Å². The van der Waals surface area contributed by atoms with Crippen LogP contribution in [0, 0.1) is 0 Å². The summed E-state index contributed by atoms with van der Waals surface area (Å²) >= 11 is 0. The lowest BCUT2D eigenvalue weighted by atomic mass is 10.1. The van der Waals surface area contributed by atoms with E-state index in [1.807, 2.05) is 30.5 Å². The molecule has 1 fully saturated rings. The van der Waals surface area contributed by atoms with Crippen LogP contribution < -0.4 is 10.6 Å². The van der Waals surface area contributed by atoms with Crippen LogP contribution in [-0.2, 0) is 0 Å². The summed E-state index contributed by atoms with van der Waals surface area (Å²) in [5.74, 6) is 0.272. The first-order valence-electron chi connectivity index (χ1n) is 6.86. The minimum atomic E-state index is 0.272. The molecule has 0 saturated heterocycles. The molecule has 0 bridgehead atoms. The van der Waals surface area contributed by atoms with Crippen LogP contribution >= 0.6 is 0 Å². The average molecular weight is 270 g/mol. The molecule has 20 heavy (non-hydrogen) atoms. The molecular weight excluding hydrogens is 252 g/mol. The van der Waals surface area contributed by atoms with Crippen LogP contribution in [0.4, 0.5) is 5.69 Å². The van der Waals surface area contributed by atoms with E-state index in [1.165, 1.54) is 18.5 Å². The number of oxime groups is 1. The summed E-state index contributed by atoms with van der Waals surface area (Å²) in [6.45, 7) is 0.758. The Balaban J connectivity index is 1.93. The molecule has 3 N–H and O–H groups in total. The normalized spacial score (nSPS) is 15.5. The van der Waals surface area contributed by atoms with E-state index < -0.39 is 0 Å². The van der Waals surface area contributed by atoms with Crippen molar-refractivity contribution in [1.29, 1.82) is 0 Å². The minimum Gasteiger partial charge on any atom is -0.409 e. The summed E-state index contributed by atoms with van der Waals surface area (Å²) in [5, 5.41) is 12.9. The number of amidine groups is 1. The Bertz CT molecular complexity index is 631. The van der Waals surface area contributed by atoms with E-state index in [4.69, 9.17) is 10.9 Å². The number of benzene rings is 1. The minimum absolute atomic E-state index is 0.272. The molecule has 5 heteroatoms. The highest BCUT2D eigenvalue weighted by molar-refractivity contribution is 5.92. The van der Waals surface area contributed by atoms with Crippen molar-refractivity contribution in [2.45, 2.75) is 25.3 Å². The van der Waals surface area contributed by atoms with Crippen LogP contribution in [-0.4, -0.2) is 28.6 Å². The fourth-order valence-corrected chi connectivity index (χ4v) is 2.50. The molecule has 104 valence electrons. The quantitative estimate of drug-likeness (QED) is 0.378. The van der Waals surface area contributed by atoms with Crippen LogP contribution in [0.2, 0.25) is 0 Å². The number of rotatable bonds is 5. The molecule has 1 saturated carbocycles. The second kappa shape index (κ2) is 5.36. The summed E-state index contributed by atoms with van der Waals surface area (Å²) in [6, 6.07) is 10.8. The molecule has 1 aromatic carbocycles. The maximum absolute atomic E-state index is 8.68. The SMILES string of the molecule is NC(CCN(c1ccnc2ccccc12)C1CC1)=NO. The molecule has 0 unspecified atom stereocenters. The predicted octanol–water partition coefficient (Wildman–Crippen LogP) is 2.34. The van der Waals surface area contributed by atoms with Crippen LogP contribution in [0.25, 0.3) is 10.9 Å². The molecule has 0 amide bonds. The van der Waals surface area contributed by atoms with Gasteiger partial charge in [-0.15, -0.1) is 0 Å². The lowest BCUT2D eigenvalue weighted by Crippen LogP contribution is -2.30. The molecular formula is C15H18N4O. The number of para-hydroxylation sites is 1. The molecule has 1 aliphatic rings. The lowest BCUT2D eigenvalue weighted by molar-refractivity contribution is 0.317. The fourth-order valence-electron chi connectivity index (χ4n) is 2.50. The van der Waals surface area contributed by atoms with Crippen LogP contribution in [0.5, 0.6) is 0 Å². The summed E-state index contributed by atoms with van der Waals surface area (Å²) in [5.41, 5.74) is 7.78. The summed E-state index contributed by atoms with van der Waals surface area (Å²) in [6.07, 6.45) is 4.81. The Morgan fingerprint density at radius 3 is 2.90 bits per heavy atom. The number of anilines is 1.